The maximum Gasteiger partial charge on any atom is 0.212 e. The van der Waals surface area contributed by atoms with Crippen LogP contribution < -0.4 is 4.57 Å². The van der Waals surface area contributed by atoms with Gasteiger partial charge in [-0.25, -0.2) is 26.5 Å². The van der Waals surface area contributed by atoms with Crippen molar-refractivity contribution in [2.45, 2.75) is 27.5 Å². The molecule has 0 bridgehead atoms. The van der Waals surface area contributed by atoms with Crippen LogP contribution >= 0.6 is 0 Å². The molecule has 0 fully saturated rings. The van der Waals surface area contributed by atoms with Gasteiger partial charge >= 0.3 is 0 Å². The Kier molecular flexibility index (Phi) is 2.82. The highest BCUT2D eigenvalue weighted by Gasteiger charge is 2.28. The lowest BCUT2D eigenvalue weighted by Gasteiger charge is -2.14. The molecule has 0 aliphatic carbocycles. The Balaban J connectivity index is 2.50. The predicted molar refractivity (Wildman–Crippen MR) is 97.2 cm³/mol. The second-order valence-electron chi connectivity index (χ2n) is 6.25. The van der Waals surface area contributed by atoms with Crippen molar-refractivity contribution in [1.29, 1.82) is 0 Å². The van der Waals surface area contributed by atoms with Crippen LogP contribution in [0.5, 0.6) is 0 Å². The lowest BCUT2D eigenvalue weighted by Crippen LogP contribution is -2.31. The Morgan fingerprint density at radius 1 is 0.679 bits per heavy atom. The molecule has 0 N–H and O–H groups in total. The molecule has 0 atom stereocenters. The minimum absolute atomic E-state index is 0.0150. The van der Waals surface area contributed by atoms with Crippen molar-refractivity contribution in [3.8, 4) is 22.4 Å². The van der Waals surface area contributed by atoms with Crippen LogP contribution in [0.1, 0.15) is 34.6 Å². The Morgan fingerprint density at radius 2 is 1.25 bits per heavy atom. The van der Waals surface area contributed by atoms with Crippen LogP contribution in [-0.4, -0.2) is 0 Å². The number of aryl methyl sites for hydroxylation is 5. The third kappa shape index (κ3) is 3.07. The molecule has 0 spiro atoms. The fraction of sp³-hybridized carbons (Fsp3) is 0.227. The van der Waals surface area contributed by atoms with Gasteiger partial charge in [-0.05, 0) is 55.8 Å². The first-order valence-electron chi connectivity index (χ1n) is 12.4. The molecule has 3 aromatic rings. The predicted octanol–water partition coefficient (Wildman–Crippen LogP) is 5.77. The van der Waals surface area contributed by atoms with Gasteiger partial charge in [0.15, 0.2) is 29.5 Å². The fourth-order valence-corrected chi connectivity index (χ4v) is 2.95. The smallest absolute Gasteiger partial charge is 0.203 e. The number of benzene rings is 2. The Bertz CT molecular complexity index is 1380. The molecule has 0 amide bonds. The van der Waals surface area contributed by atoms with Crippen molar-refractivity contribution in [2.24, 2.45) is 7.05 Å². The van der Waals surface area contributed by atoms with E-state index in [1.54, 1.807) is 0 Å². The summed E-state index contributed by atoms with van der Waals surface area (Å²) >= 11 is 0. The topological polar surface area (TPSA) is 3.88 Å². The summed E-state index contributed by atoms with van der Waals surface area (Å²) in [6, 6.07) is 2.86. The molecule has 6 heteroatoms. The normalized spacial score (nSPS) is 17.3. The zero-order valence-electron chi connectivity index (χ0n) is 23.6. The van der Waals surface area contributed by atoms with Crippen LogP contribution in [0, 0.1) is 56.6 Å². The molecular weight excluding hydrogens is 373 g/mol. The van der Waals surface area contributed by atoms with Crippen molar-refractivity contribution in [2.75, 3.05) is 0 Å². The molecule has 28 heavy (non-hydrogen) atoms. The van der Waals surface area contributed by atoms with Gasteiger partial charge < -0.3 is 0 Å². The number of nitrogens with zero attached hydrogens (tertiary/aromatic N) is 1. The molecule has 1 nitrogen and oxygen atoms in total. The molecule has 1 aromatic heterocycles. The molecule has 0 aliphatic rings. The van der Waals surface area contributed by atoms with Gasteiger partial charge in [-0.15, -0.1) is 0 Å². The van der Waals surface area contributed by atoms with E-state index in [9.17, 15) is 22.0 Å². The lowest BCUT2D eigenvalue weighted by molar-refractivity contribution is -0.660. The van der Waals surface area contributed by atoms with Crippen molar-refractivity contribution >= 4 is 0 Å². The maximum atomic E-state index is 14.7. The quantitative estimate of drug-likeness (QED) is 0.222. The lowest BCUT2D eigenvalue weighted by atomic mass is 9.92. The first-order chi connectivity index (χ1) is 16.7. The summed E-state index contributed by atoms with van der Waals surface area (Å²) in [5.41, 5.74) is -3.96. The minimum Gasteiger partial charge on any atom is -0.203 e. The zero-order chi connectivity index (χ0) is 28.4. The van der Waals surface area contributed by atoms with E-state index < -0.39 is 77.5 Å². The first kappa shape index (κ1) is 11.3. The molecule has 0 saturated heterocycles. The second kappa shape index (κ2) is 7.00. The molecule has 0 radical (unpaired) electrons. The van der Waals surface area contributed by atoms with Gasteiger partial charge in [-0.2, -0.15) is 0 Å². The first-order valence-corrected chi connectivity index (χ1v) is 7.89. The Morgan fingerprint density at radius 3 is 1.82 bits per heavy atom. The summed E-state index contributed by atoms with van der Waals surface area (Å²) < 4.78 is 142. The van der Waals surface area contributed by atoms with Crippen molar-refractivity contribution < 1.29 is 38.9 Å². The molecule has 146 valence electrons. The van der Waals surface area contributed by atoms with Crippen LogP contribution in [0.25, 0.3) is 22.4 Å². The van der Waals surface area contributed by atoms with Gasteiger partial charge in [0.25, 0.3) is 0 Å². The average Bonchev–Trinajstić information content (AvgIpc) is 2.75. The van der Waals surface area contributed by atoms with Crippen molar-refractivity contribution in [3.63, 3.8) is 0 Å². The van der Waals surface area contributed by atoms with E-state index in [4.69, 9.17) is 12.3 Å². The molecule has 2 aromatic carbocycles. The van der Waals surface area contributed by atoms with Gasteiger partial charge in [-0.1, -0.05) is 6.07 Å². The van der Waals surface area contributed by atoms with Crippen LogP contribution in [0.3, 0.4) is 0 Å². The number of hydrogen-bond donors (Lipinski definition) is 0. The molecule has 0 unspecified atom stereocenters. The maximum absolute atomic E-state index is 14.7. The highest BCUT2D eigenvalue weighted by atomic mass is 19.2. The van der Waals surface area contributed by atoms with Crippen molar-refractivity contribution in [1.82, 2.24) is 0 Å². The van der Waals surface area contributed by atoms with Gasteiger partial charge in [0.2, 0.25) is 11.5 Å². The summed E-state index contributed by atoms with van der Waals surface area (Å²) in [6.07, 6.45) is 1.03. The standard InChI is InChI=1S/C22H19F5N/c1-10-7-16(28(5)9-13(10)4)14-8-15(12(3)6-11(14)2)17-18(23)20(25)22(27)21(26)19(17)24/h6-9H,1-5H3/q+1/i1D3,3D3,4D3. The monoisotopic (exact) mass is 401 g/mol. The largest absolute Gasteiger partial charge is 0.212 e. The zero-order valence-corrected chi connectivity index (χ0v) is 14.6. The summed E-state index contributed by atoms with van der Waals surface area (Å²) in [7, 11) is 1.35. The van der Waals surface area contributed by atoms with Crippen LogP contribution in [-0.2, 0) is 7.05 Å². The summed E-state index contributed by atoms with van der Waals surface area (Å²) in [5, 5.41) is 0. The molecule has 1 heterocycles. The van der Waals surface area contributed by atoms with E-state index in [1.807, 2.05) is 0 Å². The molecule has 0 aliphatic heterocycles. The van der Waals surface area contributed by atoms with E-state index in [1.165, 1.54) is 18.5 Å². The van der Waals surface area contributed by atoms with E-state index in [0.717, 1.165) is 24.4 Å². The van der Waals surface area contributed by atoms with E-state index in [-0.39, 0.29) is 16.8 Å². The van der Waals surface area contributed by atoms with Crippen LogP contribution in [0.15, 0.2) is 24.4 Å². The van der Waals surface area contributed by atoms with Gasteiger partial charge in [-0.3, -0.25) is 0 Å². The number of rotatable bonds is 2. The average molecular weight is 401 g/mol. The highest BCUT2D eigenvalue weighted by Crippen LogP contribution is 2.36. The second-order valence-corrected chi connectivity index (χ2v) is 6.25. The number of halogens is 5. The highest BCUT2D eigenvalue weighted by molar-refractivity contribution is 5.76. The number of hydrogen-bond acceptors (Lipinski definition) is 0. The van der Waals surface area contributed by atoms with Crippen LogP contribution in [0.2, 0.25) is 0 Å². The third-order valence-corrected chi connectivity index (χ3v) is 4.39. The number of aromatic nitrogens is 1. The van der Waals surface area contributed by atoms with E-state index in [2.05, 4.69) is 0 Å². The fourth-order valence-electron chi connectivity index (χ4n) is 2.95. The molecular formula is C22H19F5N+. The SMILES string of the molecule is [2H]C([2H])([2H])c1cc(C)c(-c2cc(C([2H])([2H])[2H])c(C([2H])([2H])[2H])c[n+]2C)cc1-c1c(F)c(F)c(F)c(F)c1F. The Labute approximate surface area is 172 Å². The summed E-state index contributed by atoms with van der Waals surface area (Å²) in [5.74, 6) is -11.5. The van der Waals surface area contributed by atoms with E-state index >= 15 is 0 Å². The summed E-state index contributed by atoms with van der Waals surface area (Å²) in [4.78, 5) is 0. The summed E-state index contributed by atoms with van der Waals surface area (Å²) in [6.45, 7) is -7.38. The molecule has 0 saturated carbocycles. The molecule has 3 rings (SSSR count). The minimum atomic E-state index is -3.05. The van der Waals surface area contributed by atoms with E-state index in [0.29, 0.717) is 0 Å². The van der Waals surface area contributed by atoms with Gasteiger partial charge in [0.05, 0.1) is 5.56 Å². The number of pyridine rings is 1. The van der Waals surface area contributed by atoms with Gasteiger partial charge in [0.1, 0.15) is 7.05 Å². The Hall–Kier alpha value is -2.76. The van der Waals surface area contributed by atoms with Crippen LogP contribution in [0.4, 0.5) is 22.0 Å². The third-order valence-electron chi connectivity index (χ3n) is 4.39. The van der Waals surface area contributed by atoms with Crippen molar-refractivity contribution in [3.05, 3.63) is 75.7 Å². The van der Waals surface area contributed by atoms with Gasteiger partial charge in [0, 0.05) is 29.5 Å².